The van der Waals surface area contributed by atoms with Crippen LogP contribution in [-0.2, 0) is 22.4 Å². The maximum Gasteiger partial charge on any atom is 0.318 e. The van der Waals surface area contributed by atoms with Gasteiger partial charge in [0.25, 0.3) is 5.91 Å². The van der Waals surface area contributed by atoms with E-state index in [1.807, 2.05) is 11.8 Å². The monoisotopic (exact) mass is 551 g/mol. The van der Waals surface area contributed by atoms with E-state index in [2.05, 4.69) is 10.3 Å². The number of nitrogens with one attached hydrogen (secondary N) is 1. The normalized spacial score (nSPS) is 21.2. The first-order valence-electron chi connectivity index (χ1n) is 13.8. The van der Waals surface area contributed by atoms with Crippen LogP contribution in [0.15, 0.2) is 24.3 Å². The Morgan fingerprint density at radius 3 is 2.90 bits per heavy atom. The SMILES string of the molecule is CCc1c(F)ccc2cc(O)cc(N3Cc4nc(OC[C@@H]5C[C@@H](OC)CN5)nc(N5CCCOCC5)c4C3=O)c12. The van der Waals surface area contributed by atoms with Crippen molar-refractivity contribution in [3.05, 3.63) is 46.9 Å². The highest BCUT2D eigenvalue weighted by molar-refractivity contribution is 6.16. The van der Waals surface area contributed by atoms with Crippen molar-refractivity contribution in [1.29, 1.82) is 0 Å². The number of phenols is 1. The zero-order valence-corrected chi connectivity index (χ0v) is 22.8. The number of rotatable bonds is 7. The summed E-state index contributed by atoms with van der Waals surface area (Å²) in [4.78, 5) is 27.1. The maximum atomic E-state index is 14.9. The molecule has 0 radical (unpaired) electrons. The summed E-state index contributed by atoms with van der Waals surface area (Å²) < 4.78 is 32.0. The molecule has 2 saturated heterocycles. The Morgan fingerprint density at radius 2 is 2.10 bits per heavy atom. The third-order valence-corrected chi connectivity index (χ3v) is 7.94. The van der Waals surface area contributed by atoms with Crippen LogP contribution in [0.3, 0.4) is 0 Å². The van der Waals surface area contributed by atoms with Crippen LogP contribution in [0.25, 0.3) is 10.8 Å². The number of phenolic OH excluding ortho intramolecular Hbond substituents is 1. The van der Waals surface area contributed by atoms with E-state index in [1.165, 1.54) is 12.1 Å². The number of ether oxygens (including phenoxy) is 3. The van der Waals surface area contributed by atoms with Crippen LogP contribution in [0, 0.1) is 5.82 Å². The van der Waals surface area contributed by atoms with Crippen LogP contribution in [0.4, 0.5) is 15.9 Å². The lowest BCUT2D eigenvalue weighted by molar-refractivity contribution is 0.0996. The van der Waals surface area contributed by atoms with Crippen LogP contribution in [-0.4, -0.2) is 79.7 Å². The van der Waals surface area contributed by atoms with E-state index in [0.29, 0.717) is 78.4 Å². The number of carbonyl (C=O) groups excluding carboxylic acids is 1. The predicted molar refractivity (Wildman–Crippen MR) is 148 cm³/mol. The Labute approximate surface area is 232 Å². The highest BCUT2D eigenvalue weighted by atomic mass is 19.1. The lowest BCUT2D eigenvalue weighted by Crippen LogP contribution is -2.31. The maximum absolute atomic E-state index is 14.9. The molecular weight excluding hydrogens is 517 g/mol. The second kappa shape index (κ2) is 11.1. The summed E-state index contributed by atoms with van der Waals surface area (Å²) >= 11 is 0. The number of aromatic hydroxyl groups is 1. The molecule has 3 aromatic rings. The predicted octanol–water partition coefficient (Wildman–Crippen LogP) is 3.18. The van der Waals surface area contributed by atoms with Gasteiger partial charge in [0.1, 0.15) is 29.6 Å². The minimum Gasteiger partial charge on any atom is -0.508 e. The average Bonchev–Trinajstić information content (AvgIpc) is 3.44. The van der Waals surface area contributed by atoms with Crippen molar-refractivity contribution in [2.45, 2.75) is 44.9 Å². The molecule has 11 heteroatoms. The molecule has 4 heterocycles. The van der Waals surface area contributed by atoms with E-state index in [4.69, 9.17) is 19.2 Å². The minimum atomic E-state index is -0.344. The van der Waals surface area contributed by atoms with Gasteiger partial charge in [-0.1, -0.05) is 13.0 Å². The van der Waals surface area contributed by atoms with E-state index >= 15 is 0 Å². The fourth-order valence-corrected chi connectivity index (χ4v) is 5.91. The van der Waals surface area contributed by atoms with Crippen molar-refractivity contribution in [2.75, 3.05) is 56.4 Å². The van der Waals surface area contributed by atoms with Crippen molar-refractivity contribution in [3.63, 3.8) is 0 Å². The molecule has 0 saturated carbocycles. The number of anilines is 2. The van der Waals surface area contributed by atoms with Crippen molar-refractivity contribution < 1.29 is 28.5 Å². The first kappa shape index (κ1) is 26.7. The van der Waals surface area contributed by atoms with Crippen LogP contribution in [0.1, 0.15) is 41.4 Å². The van der Waals surface area contributed by atoms with Crippen LogP contribution >= 0.6 is 0 Å². The highest BCUT2D eigenvalue weighted by Crippen LogP contribution is 2.41. The van der Waals surface area contributed by atoms with Gasteiger partial charge in [-0.15, -0.1) is 0 Å². The summed E-state index contributed by atoms with van der Waals surface area (Å²) in [7, 11) is 1.70. The fourth-order valence-electron chi connectivity index (χ4n) is 5.91. The molecule has 1 aromatic heterocycles. The first-order valence-corrected chi connectivity index (χ1v) is 13.8. The number of hydrogen-bond acceptors (Lipinski definition) is 9. The van der Waals surface area contributed by atoms with Gasteiger partial charge in [-0.2, -0.15) is 9.97 Å². The highest BCUT2D eigenvalue weighted by Gasteiger charge is 2.37. The van der Waals surface area contributed by atoms with E-state index in [-0.39, 0.29) is 42.2 Å². The standard InChI is InChI=1S/C29H34FN5O5/c1-3-21-22(30)6-5-17-11-19(36)13-24(25(17)21)35-15-23-26(28(35)37)27(34-7-4-9-39-10-8-34)33-29(32-23)40-16-18-12-20(38-2)14-31-18/h5-6,11,13,18,20,31,36H,3-4,7-10,12,14-16H2,1-2H3/t18-,20+/m0/s1. The zero-order valence-electron chi connectivity index (χ0n) is 22.8. The number of aryl methyl sites for hydroxylation is 1. The van der Waals surface area contributed by atoms with Gasteiger partial charge in [0.15, 0.2) is 0 Å². The van der Waals surface area contributed by atoms with Crippen LogP contribution < -0.4 is 19.9 Å². The van der Waals surface area contributed by atoms with Gasteiger partial charge in [-0.25, -0.2) is 4.39 Å². The second-order valence-corrected chi connectivity index (χ2v) is 10.4. The Balaban J connectivity index is 1.39. The van der Waals surface area contributed by atoms with Gasteiger partial charge < -0.3 is 34.4 Å². The molecule has 40 heavy (non-hydrogen) atoms. The van der Waals surface area contributed by atoms with Crippen molar-refractivity contribution in [3.8, 4) is 11.8 Å². The van der Waals surface area contributed by atoms with Gasteiger partial charge in [-0.3, -0.25) is 4.79 Å². The van der Waals surface area contributed by atoms with Crippen LogP contribution in [0.5, 0.6) is 11.8 Å². The fraction of sp³-hybridized carbons (Fsp3) is 0.483. The molecule has 2 fully saturated rings. The lowest BCUT2D eigenvalue weighted by atomic mass is 9.99. The molecule has 2 N–H and O–H groups in total. The summed E-state index contributed by atoms with van der Waals surface area (Å²) in [5, 5.41) is 15.2. The molecule has 3 aliphatic heterocycles. The largest absolute Gasteiger partial charge is 0.508 e. The molecule has 0 bridgehead atoms. The molecule has 212 valence electrons. The molecular formula is C29H34FN5O5. The molecule has 2 atom stereocenters. The van der Waals surface area contributed by atoms with E-state index in [0.717, 1.165) is 19.4 Å². The van der Waals surface area contributed by atoms with Crippen molar-refractivity contribution >= 4 is 28.2 Å². The number of fused-ring (bicyclic) bond motifs is 2. The molecule has 3 aliphatic rings. The summed E-state index contributed by atoms with van der Waals surface area (Å²) in [5.41, 5.74) is 1.88. The lowest BCUT2D eigenvalue weighted by Gasteiger charge is -2.24. The number of hydrogen-bond donors (Lipinski definition) is 2. The van der Waals surface area contributed by atoms with Crippen LogP contribution in [0.2, 0.25) is 0 Å². The molecule has 6 rings (SSSR count). The Kier molecular flexibility index (Phi) is 7.43. The second-order valence-electron chi connectivity index (χ2n) is 10.4. The molecule has 0 unspecified atom stereocenters. The van der Waals surface area contributed by atoms with Gasteiger partial charge in [0, 0.05) is 50.8 Å². The van der Waals surface area contributed by atoms with Crippen molar-refractivity contribution in [1.82, 2.24) is 15.3 Å². The smallest absolute Gasteiger partial charge is 0.318 e. The van der Waals surface area contributed by atoms with Gasteiger partial charge >= 0.3 is 6.01 Å². The Hall–Kier alpha value is -3.54. The van der Waals surface area contributed by atoms with E-state index < -0.39 is 0 Å². The number of methoxy groups -OCH3 is 1. The molecule has 0 aliphatic carbocycles. The third kappa shape index (κ3) is 4.93. The average molecular weight is 552 g/mol. The number of aromatic nitrogens is 2. The number of amides is 1. The third-order valence-electron chi connectivity index (χ3n) is 7.94. The topological polar surface area (TPSA) is 109 Å². The summed E-state index contributed by atoms with van der Waals surface area (Å²) in [6.45, 7) is 5.57. The van der Waals surface area contributed by atoms with Gasteiger partial charge in [-0.05, 0) is 42.3 Å². The van der Waals surface area contributed by atoms with E-state index in [1.54, 1.807) is 24.1 Å². The number of nitrogens with zero attached hydrogens (tertiary/aromatic N) is 4. The van der Waals surface area contributed by atoms with E-state index in [9.17, 15) is 14.3 Å². The number of halogens is 1. The zero-order chi connectivity index (χ0) is 27.8. The summed E-state index contributed by atoms with van der Waals surface area (Å²) in [6, 6.07) is 6.44. The Bertz CT molecular complexity index is 1430. The van der Waals surface area contributed by atoms with Crippen molar-refractivity contribution in [2.24, 2.45) is 0 Å². The molecule has 0 spiro atoms. The molecule has 1 amide bonds. The molecule has 10 nitrogen and oxygen atoms in total. The number of benzene rings is 2. The first-order chi connectivity index (χ1) is 19.5. The Morgan fingerprint density at radius 1 is 1.23 bits per heavy atom. The summed E-state index contributed by atoms with van der Waals surface area (Å²) in [6.07, 6.45) is 2.20. The quantitative estimate of drug-likeness (QED) is 0.458. The number of carbonyl (C=O) groups is 1. The van der Waals surface area contributed by atoms with Gasteiger partial charge in [0.05, 0.1) is 30.6 Å². The molecule has 2 aromatic carbocycles. The summed E-state index contributed by atoms with van der Waals surface area (Å²) in [5.74, 6) is -0.125. The minimum absolute atomic E-state index is 0.00154. The van der Waals surface area contributed by atoms with Gasteiger partial charge in [0.2, 0.25) is 0 Å².